The van der Waals surface area contributed by atoms with E-state index in [0.29, 0.717) is 30.3 Å². The molecule has 0 spiro atoms. The van der Waals surface area contributed by atoms with E-state index in [-0.39, 0.29) is 32.2 Å². The summed E-state index contributed by atoms with van der Waals surface area (Å²) in [4.78, 5) is 35.3. The molecule has 0 radical (unpaired) electrons. The summed E-state index contributed by atoms with van der Waals surface area (Å²) in [7, 11) is 1.40. The van der Waals surface area contributed by atoms with Crippen molar-refractivity contribution in [2.45, 2.75) is 174 Å². The SMILES string of the molecule is CCCCCCCC/C=C\CCCCCCCC(=O)OC[C@H](COP(=O)(O)OCC[N+](C)(C)C)OC(=O)CCC/C=C\C/C=C\C/C=C\C/C=C\[C@H](O)CCCC. The van der Waals surface area contributed by atoms with Gasteiger partial charge in [-0.25, -0.2) is 4.57 Å². The molecule has 0 bridgehead atoms. The molecular weight excluding hydrogens is 741 g/mol. The van der Waals surface area contributed by atoms with Crippen LogP contribution in [0, 0.1) is 0 Å². The van der Waals surface area contributed by atoms with Crippen LogP contribution >= 0.6 is 7.82 Å². The van der Waals surface area contributed by atoms with E-state index < -0.39 is 32.5 Å². The highest BCUT2D eigenvalue weighted by Crippen LogP contribution is 2.43. The van der Waals surface area contributed by atoms with Crippen molar-refractivity contribution in [2.75, 3.05) is 47.5 Å². The molecule has 10 nitrogen and oxygen atoms in total. The highest BCUT2D eigenvalue weighted by Gasteiger charge is 2.27. The number of aliphatic hydroxyl groups excluding tert-OH is 1. The van der Waals surface area contributed by atoms with Crippen molar-refractivity contribution in [3.63, 3.8) is 0 Å². The zero-order valence-electron chi connectivity index (χ0n) is 36.7. The quantitative estimate of drug-likeness (QED) is 0.0205. The lowest BCUT2D eigenvalue weighted by molar-refractivity contribution is -0.870. The number of likely N-dealkylation sites (N-methyl/N-ethyl adjacent to an activating group) is 1. The minimum atomic E-state index is -4.40. The van der Waals surface area contributed by atoms with Crippen molar-refractivity contribution >= 4 is 19.8 Å². The Morgan fingerprint density at radius 2 is 1.12 bits per heavy atom. The minimum Gasteiger partial charge on any atom is -0.462 e. The molecule has 57 heavy (non-hydrogen) atoms. The van der Waals surface area contributed by atoms with Gasteiger partial charge in [0.25, 0.3) is 0 Å². The third-order valence-electron chi connectivity index (χ3n) is 9.09. The first-order valence-electron chi connectivity index (χ1n) is 22.1. The molecule has 0 aliphatic heterocycles. The summed E-state index contributed by atoms with van der Waals surface area (Å²) in [5.74, 6) is -0.901. The van der Waals surface area contributed by atoms with E-state index in [1.54, 1.807) is 0 Å². The maximum Gasteiger partial charge on any atom is 0.472 e. The van der Waals surface area contributed by atoms with Gasteiger partial charge >= 0.3 is 19.8 Å². The van der Waals surface area contributed by atoms with Crippen LogP contribution in [0.4, 0.5) is 0 Å². The number of quaternary nitrogens is 1. The largest absolute Gasteiger partial charge is 0.472 e. The standard InChI is InChI=1S/C46H82NO9P/c1-6-8-10-11-12-13-14-15-16-17-21-24-27-30-33-37-45(49)53-41-44(42-55-57(51,52)54-40-39-47(3,4)5)56-46(50)38-34-31-28-25-22-19-18-20-23-26-29-32-36-43(48)35-9-7-2/h15-16,18-19,23,25-26,28,32,36,43-44,48H,6-14,17,20-22,24,27,29-31,33-35,37-42H2,1-5H3/p+1/b16-15-,19-18-,26-23-,28-25-,36-32-/t43-,44-/m1/s1. The van der Waals surface area contributed by atoms with E-state index in [2.05, 4.69) is 56.4 Å². The number of carbonyl (C=O) groups excluding carboxylic acids is 2. The smallest absolute Gasteiger partial charge is 0.462 e. The Morgan fingerprint density at radius 3 is 1.74 bits per heavy atom. The van der Waals surface area contributed by atoms with Crippen LogP contribution in [0.1, 0.15) is 162 Å². The Labute approximate surface area is 348 Å². The first kappa shape index (κ1) is 54.7. The molecule has 0 aliphatic rings. The molecule has 0 saturated carbocycles. The molecule has 2 N–H and O–H groups in total. The number of allylic oxidation sites excluding steroid dienone is 9. The van der Waals surface area contributed by atoms with Gasteiger partial charge in [-0.15, -0.1) is 0 Å². The molecule has 0 saturated heterocycles. The molecule has 11 heteroatoms. The Hall–Kier alpha value is -2.33. The van der Waals surface area contributed by atoms with Crippen molar-refractivity contribution in [3.8, 4) is 0 Å². The predicted octanol–water partition coefficient (Wildman–Crippen LogP) is 11.4. The molecule has 1 unspecified atom stereocenters. The number of phosphoric acid groups is 1. The number of ether oxygens (including phenoxy) is 2. The van der Waals surface area contributed by atoms with Crippen LogP contribution in [0.5, 0.6) is 0 Å². The third kappa shape index (κ3) is 41.6. The number of nitrogens with zero attached hydrogens (tertiary/aromatic N) is 1. The van der Waals surface area contributed by atoms with Crippen molar-refractivity contribution in [1.82, 2.24) is 0 Å². The fraction of sp³-hybridized carbons (Fsp3) is 0.739. The number of hydrogen-bond donors (Lipinski definition) is 2. The van der Waals surface area contributed by atoms with Gasteiger partial charge < -0.3 is 24.0 Å². The van der Waals surface area contributed by atoms with Crippen molar-refractivity contribution in [1.29, 1.82) is 0 Å². The van der Waals surface area contributed by atoms with Gasteiger partial charge in [0.15, 0.2) is 6.10 Å². The molecule has 0 aromatic carbocycles. The molecule has 0 amide bonds. The summed E-state index contributed by atoms with van der Waals surface area (Å²) >= 11 is 0. The van der Waals surface area contributed by atoms with Crippen LogP contribution < -0.4 is 0 Å². The van der Waals surface area contributed by atoms with Gasteiger partial charge in [0.2, 0.25) is 0 Å². The highest BCUT2D eigenvalue weighted by molar-refractivity contribution is 7.47. The van der Waals surface area contributed by atoms with Crippen LogP contribution in [-0.4, -0.2) is 86.1 Å². The average Bonchev–Trinajstić information content (AvgIpc) is 3.16. The van der Waals surface area contributed by atoms with E-state index in [1.165, 1.54) is 44.9 Å². The Balaban J connectivity index is 4.51. The summed E-state index contributed by atoms with van der Waals surface area (Å²) in [5, 5.41) is 9.82. The molecule has 0 heterocycles. The Bertz CT molecular complexity index is 1170. The molecule has 0 rings (SSSR count). The van der Waals surface area contributed by atoms with E-state index in [9.17, 15) is 24.2 Å². The maximum absolute atomic E-state index is 12.7. The maximum atomic E-state index is 12.7. The first-order valence-corrected chi connectivity index (χ1v) is 23.6. The number of aliphatic hydroxyl groups is 1. The second kappa shape index (κ2) is 37.9. The van der Waals surface area contributed by atoms with Gasteiger partial charge in [-0.3, -0.25) is 18.6 Å². The lowest BCUT2D eigenvalue weighted by Gasteiger charge is -2.24. The molecule has 0 aliphatic carbocycles. The second-order valence-electron chi connectivity index (χ2n) is 15.9. The molecular formula is C46H83NO9P+. The topological polar surface area (TPSA) is 129 Å². The number of hydrogen-bond acceptors (Lipinski definition) is 8. The van der Waals surface area contributed by atoms with Crippen molar-refractivity contribution in [2.24, 2.45) is 0 Å². The molecule has 0 aromatic rings. The lowest BCUT2D eigenvalue weighted by Crippen LogP contribution is -2.37. The average molecular weight is 825 g/mol. The number of rotatable bonds is 39. The number of carbonyl (C=O) groups is 2. The fourth-order valence-electron chi connectivity index (χ4n) is 5.55. The van der Waals surface area contributed by atoms with Crippen LogP contribution in [0.2, 0.25) is 0 Å². The molecule has 0 fully saturated rings. The van der Waals surface area contributed by atoms with Gasteiger partial charge in [-0.05, 0) is 70.6 Å². The van der Waals surface area contributed by atoms with E-state index in [4.69, 9.17) is 18.5 Å². The Morgan fingerprint density at radius 1 is 0.614 bits per heavy atom. The summed E-state index contributed by atoms with van der Waals surface area (Å²) < 4.78 is 34.2. The number of phosphoric ester groups is 1. The predicted molar refractivity (Wildman–Crippen MR) is 235 cm³/mol. The molecule has 0 aromatic heterocycles. The zero-order chi connectivity index (χ0) is 42.3. The van der Waals surface area contributed by atoms with Gasteiger partial charge in [0, 0.05) is 12.8 Å². The molecule has 330 valence electrons. The number of esters is 2. The van der Waals surface area contributed by atoms with Crippen molar-refractivity contribution < 1.29 is 47.2 Å². The van der Waals surface area contributed by atoms with Crippen molar-refractivity contribution in [3.05, 3.63) is 60.8 Å². The van der Waals surface area contributed by atoms with Gasteiger partial charge in [-0.2, -0.15) is 0 Å². The fourth-order valence-corrected chi connectivity index (χ4v) is 6.29. The summed E-state index contributed by atoms with van der Waals surface area (Å²) in [6.45, 7) is 4.16. The number of unbranched alkanes of at least 4 members (excludes halogenated alkanes) is 13. The van der Waals surface area contributed by atoms with E-state index in [0.717, 1.165) is 70.6 Å². The van der Waals surface area contributed by atoms with Crippen LogP contribution in [-0.2, 0) is 32.7 Å². The van der Waals surface area contributed by atoms with E-state index >= 15 is 0 Å². The molecule has 3 atom stereocenters. The minimum absolute atomic E-state index is 0.0105. The lowest BCUT2D eigenvalue weighted by atomic mass is 10.1. The van der Waals surface area contributed by atoms with Crippen LogP contribution in [0.3, 0.4) is 0 Å². The van der Waals surface area contributed by atoms with Gasteiger partial charge in [0.05, 0.1) is 33.9 Å². The highest BCUT2D eigenvalue weighted by atomic mass is 31.2. The summed E-state index contributed by atoms with van der Waals surface area (Å²) in [6.07, 6.45) is 41.8. The third-order valence-corrected chi connectivity index (χ3v) is 10.1. The van der Waals surface area contributed by atoms with Gasteiger partial charge in [-0.1, -0.05) is 139 Å². The van der Waals surface area contributed by atoms with Gasteiger partial charge in [0.1, 0.15) is 19.8 Å². The summed E-state index contributed by atoms with van der Waals surface area (Å²) in [6, 6.07) is 0. The Kier molecular flexibility index (Phi) is 36.4. The summed E-state index contributed by atoms with van der Waals surface area (Å²) in [5.41, 5.74) is 0. The normalized spacial score (nSPS) is 14.7. The second-order valence-corrected chi connectivity index (χ2v) is 17.3. The van der Waals surface area contributed by atoms with Crippen LogP contribution in [0.15, 0.2) is 60.8 Å². The monoisotopic (exact) mass is 825 g/mol. The zero-order valence-corrected chi connectivity index (χ0v) is 37.6. The van der Waals surface area contributed by atoms with E-state index in [1.807, 2.05) is 39.4 Å². The van der Waals surface area contributed by atoms with Crippen LogP contribution in [0.25, 0.3) is 0 Å². The first-order chi connectivity index (χ1) is 27.4.